The second-order valence-electron chi connectivity index (χ2n) is 3.89. The molecule has 1 atom stereocenters. The summed E-state index contributed by atoms with van der Waals surface area (Å²) >= 11 is 0. The van der Waals surface area contributed by atoms with Crippen molar-refractivity contribution in [3.8, 4) is 0 Å². The van der Waals surface area contributed by atoms with Gasteiger partial charge in [-0.15, -0.1) is 5.10 Å². The van der Waals surface area contributed by atoms with Gasteiger partial charge in [0, 0.05) is 0 Å². The zero-order valence-corrected chi connectivity index (χ0v) is 9.19. The van der Waals surface area contributed by atoms with Crippen molar-refractivity contribution in [2.24, 2.45) is 11.7 Å². The van der Waals surface area contributed by atoms with E-state index in [2.05, 4.69) is 15.5 Å². The van der Waals surface area contributed by atoms with E-state index < -0.39 is 6.04 Å². The first-order chi connectivity index (χ1) is 7.00. The van der Waals surface area contributed by atoms with Crippen molar-refractivity contribution in [3.63, 3.8) is 0 Å². The van der Waals surface area contributed by atoms with Gasteiger partial charge in [0.2, 0.25) is 5.91 Å². The molecule has 1 unspecified atom stereocenters. The Hall–Kier alpha value is -1.65. The molecule has 1 aromatic rings. The first-order valence-electron chi connectivity index (χ1n) is 4.86. The molecule has 0 aromatic carbocycles. The van der Waals surface area contributed by atoms with E-state index in [9.17, 15) is 4.79 Å². The summed E-state index contributed by atoms with van der Waals surface area (Å²) in [4.78, 5) is 11.1. The Balaban J connectivity index is 2.79. The van der Waals surface area contributed by atoms with Crippen LogP contribution in [-0.2, 0) is 4.79 Å². The molecule has 1 aromatic heterocycles. The molecule has 0 aliphatic carbocycles. The maximum Gasteiger partial charge on any atom is 0.240 e. The molecule has 0 saturated heterocycles. The lowest BCUT2D eigenvalue weighted by Gasteiger charge is -2.19. The minimum atomic E-state index is -0.416. The van der Waals surface area contributed by atoms with Crippen LogP contribution < -0.4 is 11.1 Å². The third-order valence-electron chi connectivity index (χ3n) is 2.07. The van der Waals surface area contributed by atoms with Crippen LogP contribution in [0.1, 0.15) is 19.4 Å². The van der Waals surface area contributed by atoms with Crippen LogP contribution in [-0.4, -0.2) is 22.1 Å². The lowest BCUT2D eigenvalue weighted by molar-refractivity contribution is -0.119. The smallest absolute Gasteiger partial charge is 0.240 e. The molecule has 0 saturated carbocycles. The topological polar surface area (TPSA) is 80.9 Å². The number of carbonyl (C=O) groups is 1. The minimum absolute atomic E-state index is 0.116. The number of aromatic nitrogens is 2. The Morgan fingerprint density at radius 3 is 2.67 bits per heavy atom. The SMILES string of the molecule is Cc1cnnc(NC(C(N)=O)C(C)C)c1. The summed E-state index contributed by atoms with van der Waals surface area (Å²) in [6.07, 6.45) is 1.65. The maximum absolute atomic E-state index is 11.1. The number of primary amides is 1. The summed E-state index contributed by atoms with van der Waals surface area (Å²) in [6.45, 7) is 5.76. The molecule has 0 aliphatic rings. The van der Waals surface area contributed by atoms with Crippen LogP contribution in [0.25, 0.3) is 0 Å². The molecule has 5 nitrogen and oxygen atoms in total. The standard InChI is InChI=1S/C10H16N4O/c1-6(2)9(10(11)15)13-8-4-7(3)5-12-14-8/h4-6,9H,1-3H3,(H2,11,15)(H,13,14). The van der Waals surface area contributed by atoms with Crippen molar-refractivity contribution in [1.29, 1.82) is 0 Å². The highest BCUT2D eigenvalue weighted by Gasteiger charge is 2.19. The van der Waals surface area contributed by atoms with Gasteiger partial charge >= 0.3 is 0 Å². The van der Waals surface area contributed by atoms with E-state index in [-0.39, 0.29) is 11.8 Å². The van der Waals surface area contributed by atoms with Crippen LogP contribution in [0, 0.1) is 12.8 Å². The van der Waals surface area contributed by atoms with E-state index in [1.807, 2.05) is 26.8 Å². The van der Waals surface area contributed by atoms with Gasteiger partial charge in [0.15, 0.2) is 0 Å². The second kappa shape index (κ2) is 4.72. The molecule has 5 heteroatoms. The molecule has 1 rings (SSSR count). The predicted molar refractivity (Wildman–Crippen MR) is 58.2 cm³/mol. The minimum Gasteiger partial charge on any atom is -0.368 e. The summed E-state index contributed by atoms with van der Waals surface area (Å²) in [5.74, 6) is 0.311. The average Bonchev–Trinajstić information content (AvgIpc) is 2.13. The van der Waals surface area contributed by atoms with Crippen molar-refractivity contribution in [2.45, 2.75) is 26.8 Å². The molecular weight excluding hydrogens is 192 g/mol. The quantitative estimate of drug-likeness (QED) is 0.763. The molecule has 0 bridgehead atoms. The van der Waals surface area contributed by atoms with Gasteiger partial charge < -0.3 is 11.1 Å². The molecule has 3 N–H and O–H groups in total. The largest absolute Gasteiger partial charge is 0.368 e. The molecule has 0 fully saturated rings. The van der Waals surface area contributed by atoms with E-state index in [0.717, 1.165) is 5.56 Å². The molecule has 15 heavy (non-hydrogen) atoms. The molecule has 0 spiro atoms. The Morgan fingerprint density at radius 1 is 1.53 bits per heavy atom. The zero-order chi connectivity index (χ0) is 11.4. The van der Waals surface area contributed by atoms with Gasteiger partial charge in [-0.05, 0) is 24.5 Å². The van der Waals surface area contributed by atoms with E-state index in [1.54, 1.807) is 6.20 Å². The second-order valence-corrected chi connectivity index (χ2v) is 3.89. The van der Waals surface area contributed by atoms with Crippen LogP contribution in [0.4, 0.5) is 5.82 Å². The Labute approximate surface area is 89.1 Å². The van der Waals surface area contributed by atoms with Crippen LogP contribution >= 0.6 is 0 Å². The summed E-state index contributed by atoms with van der Waals surface area (Å²) in [6, 6.07) is 1.41. The summed E-state index contributed by atoms with van der Waals surface area (Å²) < 4.78 is 0. The normalized spacial score (nSPS) is 12.5. The molecule has 0 aliphatic heterocycles. The summed E-state index contributed by atoms with van der Waals surface area (Å²) in [7, 11) is 0. The van der Waals surface area contributed by atoms with E-state index in [4.69, 9.17) is 5.73 Å². The highest BCUT2D eigenvalue weighted by molar-refractivity contribution is 5.82. The number of nitrogens with one attached hydrogen (secondary N) is 1. The highest BCUT2D eigenvalue weighted by atomic mass is 16.1. The van der Waals surface area contributed by atoms with Gasteiger partial charge in [-0.25, -0.2) is 0 Å². The maximum atomic E-state index is 11.1. The van der Waals surface area contributed by atoms with Gasteiger partial charge in [-0.1, -0.05) is 13.8 Å². The van der Waals surface area contributed by atoms with Crippen LogP contribution in [0.2, 0.25) is 0 Å². The van der Waals surface area contributed by atoms with Crippen molar-refractivity contribution in [3.05, 3.63) is 17.8 Å². The number of hydrogen-bond donors (Lipinski definition) is 2. The molecular formula is C10H16N4O. The number of rotatable bonds is 4. The highest BCUT2D eigenvalue weighted by Crippen LogP contribution is 2.10. The number of nitrogens with two attached hydrogens (primary N) is 1. The first kappa shape index (κ1) is 11.4. The summed E-state index contributed by atoms with van der Waals surface area (Å²) in [5.41, 5.74) is 6.26. The third-order valence-corrected chi connectivity index (χ3v) is 2.07. The Bertz CT molecular complexity index is 351. The number of aryl methyl sites for hydroxylation is 1. The lowest BCUT2D eigenvalue weighted by Crippen LogP contribution is -2.39. The fourth-order valence-corrected chi connectivity index (χ4v) is 1.26. The van der Waals surface area contributed by atoms with Crippen LogP contribution in [0.5, 0.6) is 0 Å². The van der Waals surface area contributed by atoms with Crippen molar-refractivity contribution < 1.29 is 4.79 Å². The van der Waals surface area contributed by atoms with Gasteiger partial charge in [0.25, 0.3) is 0 Å². The molecule has 0 radical (unpaired) electrons. The average molecular weight is 208 g/mol. The molecule has 1 amide bonds. The predicted octanol–water partition coefficient (Wildman–Crippen LogP) is 0.707. The number of nitrogens with zero attached hydrogens (tertiary/aromatic N) is 2. The first-order valence-corrected chi connectivity index (χ1v) is 4.86. The van der Waals surface area contributed by atoms with Crippen molar-refractivity contribution in [2.75, 3.05) is 5.32 Å². The van der Waals surface area contributed by atoms with E-state index in [1.165, 1.54) is 0 Å². The number of anilines is 1. The van der Waals surface area contributed by atoms with Crippen LogP contribution in [0.3, 0.4) is 0 Å². The zero-order valence-electron chi connectivity index (χ0n) is 9.19. The van der Waals surface area contributed by atoms with Crippen LogP contribution in [0.15, 0.2) is 12.3 Å². The number of carbonyl (C=O) groups excluding carboxylic acids is 1. The van der Waals surface area contributed by atoms with Gasteiger partial charge in [0.05, 0.1) is 6.20 Å². The summed E-state index contributed by atoms with van der Waals surface area (Å²) in [5, 5.41) is 10.6. The third kappa shape index (κ3) is 3.19. The fraction of sp³-hybridized carbons (Fsp3) is 0.500. The van der Waals surface area contributed by atoms with E-state index in [0.29, 0.717) is 5.82 Å². The van der Waals surface area contributed by atoms with Gasteiger partial charge in [0.1, 0.15) is 11.9 Å². The van der Waals surface area contributed by atoms with Gasteiger partial charge in [-0.3, -0.25) is 4.79 Å². The number of hydrogen-bond acceptors (Lipinski definition) is 4. The van der Waals surface area contributed by atoms with Gasteiger partial charge in [-0.2, -0.15) is 5.10 Å². The lowest BCUT2D eigenvalue weighted by atomic mass is 10.0. The molecule has 1 heterocycles. The Morgan fingerprint density at radius 2 is 2.20 bits per heavy atom. The monoisotopic (exact) mass is 208 g/mol. The molecule has 82 valence electrons. The Kier molecular flexibility index (Phi) is 3.60. The fourth-order valence-electron chi connectivity index (χ4n) is 1.26. The van der Waals surface area contributed by atoms with E-state index >= 15 is 0 Å². The van der Waals surface area contributed by atoms with Crippen molar-refractivity contribution in [1.82, 2.24) is 10.2 Å². The number of amides is 1. The van der Waals surface area contributed by atoms with Crippen molar-refractivity contribution >= 4 is 11.7 Å².